The summed E-state index contributed by atoms with van der Waals surface area (Å²) in [5.74, 6) is -0.417. The van der Waals surface area contributed by atoms with Gasteiger partial charge in [-0.3, -0.25) is 9.59 Å². The number of aryl methyl sites for hydroxylation is 3. The molecule has 8 heteroatoms. The number of nitrogens with zero attached hydrogens (tertiary/aromatic N) is 1. The first kappa shape index (κ1) is 21.3. The average Bonchev–Trinajstić information content (AvgIpc) is 2.68. The molecule has 0 bridgehead atoms. The highest BCUT2D eigenvalue weighted by atomic mass is 32.2. The normalized spacial score (nSPS) is 15.3. The van der Waals surface area contributed by atoms with Gasteiger partial charge in [-0.25, -0.2) is 8.42 Å². The summed E-state index contributed by atoms with van der Waals surface area (Å²) in [6.45, 7) is 6.43. The molecular formula is C21H27N3O4S. The van der Waals surface area contributed by atoms with Crippen molar-refractivity contribution >= 4 is 15.9 Å². The molecule has 0 atom stereocenters. The van der Waals surface area contributed by atoms with Crippen molar-refractivity contribution in [3.63, 3.8) is 0 Å². The van der Waals surface area contributed by atoms with E-state index in [1.807, 2.05) is 13.0 Å². The zero-order chi connectivity index (χ0) is 21.2. The van der Waals surface area contributed by atoms with Crippen LogP contribution in [0.5, 0.6) is 0 Å². The molecule has 7 nitrogen and oxygen atoms in total. The third-order valence-corrected chi connectivity index (χ3v) is 7.34. The molecule has 0 spiro atoms. The highest BCUT2D eigenvalue weighted by Crippen LogP contribution is 2.24. The fraction of sp³-hybridized carbons (Fsp3) is 0.429. The van der Waals surface area contributed by atoms with E-state index in [1.54, 1.807) is 26.0 Å². The Morgan fingerprint density at radius 2 is 1.76 bits per heavy atom. The number of carbonyl (C=O) groups excluding carboxylic acids is 1. The number of carbonyl (C=O) groups is 1. The van der Waals surface area contributed by atoms with Gasteiger partial charge in [0.15, 0.2) is 0 Å². The van der Waals surface area contributed by atoms with E-state index >= 15 is 0 Å². The van der Waals surface area contributed by atoms with Gasteiger partial charge in [-0.1, -0.05) is 12.5 Å². The van der Waals surface area contributed by atoms with E-state index in [-0.39, 0.29) is 22.6 Å². The first-order chi connectivity index (χ1) is 13.7. The standard InChI is InChI=1S/C21H27N3O4S/c1-14-7-8-17(12-19(14)29(27,28)24-9-5-4-6-10-24)20(25)22-13-18-15(2)11-16(3)23-21(18)26/h7-8,11-12H,4-6,9-10,13H2,1-3H3,(H,22,25)(H,23,26). The van der Waals surface area contributed by atoms with Crippen molar-refractivity contribution < 1.29 is 13.2 Å². The number of hydrogen-bond donors (Lipinski definition) is 2. The average molecular weight is 418 g/mol. The Bertz CT molecular complexity index is 1080. The maximum atomic E-state index is 13.0. The molecule has 2 N–H and O–H groups in total. The van der Waals surface area contributed by atoms with Crippen LogP contribution in [0.3, 0.4) is 0 Å². The van der Waals surface area contributed by atoms with E-state index in [9.17, 15) is 18.0 Å². The quantitative estimate of drug-likeness (QED) is 0.780. The molecule has 1 fully saturated rings. The van der Waals surface area contributed by atoms with Crippen LogP contribution in [0.1, 0.15) is 52.0 Å². The highest BCUT2D eigenvalue weighted by Gasteiger charge is 2.28. The van der Waals surface area contributed by atoms with Crippen molar-refractivity contribution in [2.45, 2.75) is 51.5 Å². The van der Waals surface area contributed by atoms with Gasteiger partial charge in [0, 0.05) is 36.5 Å². The molecule has 3 rings (SSSR count). The van der Waals surface area contributed by atoms with Gasteiger partial charge in [-0.15, -0.1) is 0 Å². The molecule has 1 aliphatic heterocycles. The fourth-order valence-corrected chi connectivity index (χ4v) is 5.40. The van der Waals surface area contributed by atoms with Crippen LogP contribution in [0.15, 0.2) is 34.0 Å². The van der Waals surface area contributed by atoms with Crippen LogP contribution in [0.2, 0.25) is 0 Å². The van der Waals surface area contributed by atoms with Crippen molar-refractivity contribution in [1.29, 1.82) is 0 Å². The van der Waals surface area contributed by atoms with Gasteiger partial charge in [0.1, 0.15) is 0 Å². The SMILES string of the molecule is Cc1cc(C)c(CNC(=O)c2ccc(C)c(S(=O)(=O)N3CCCCC3)c2)c(=O)[nH]1. The first-order valence-corrected chi connectivity index (χ1v) is 11.2. The van der Waals surface area contributed by atoms with E-state index in [0.717, 1.165) is 30.5 Å². The summed E-state index contributed by atoms with van der Waals surface area (Å²) in [6, 6.07) is 6.53. The molecule has 156 valence electrons. The summed E-state index contributed by atoms with van der Waals surface area (Å²) in [5, 5.41) is 2.73. The number of hydrogen-bond acceptors (Lipinski definition) is 4. The van der Waals surface area contributed by atoms with Gasteiger partial charge < -0.3 is 10.3 Å². The van der Waals surface area contributed by atoms with Crippen LogP contribution >= 0.6 is 0 Å². The predicted molar refractivity (Wildman–Crippen MR) is 111 cm³/mol. The van der Waals surface area contributed by atoms with E-state index in [4.69, 9.17) is 0 Å². The summed E-state index contributed by atoms with van der Waals surface area (Å²) in [6.07, 6.45) is 2.73. The minimum absolute atomic E-state index is 0.0718. The van der Waals surface area contributed by atoms with E-state index in [0.29, 0.717) is 24.2 Å². The molecule has 1 amide bonds. The Labute approximate surface area is 171 Å². The number of H-pyrrole nitrogens is 1. The molecule has 0 unspecified atom stereocenters. The maximum absolute atomic E-state index is 13.0. The molecule has 1 aromatic heterocycles. The third-order valence-electron chi connectivity index (χ3n) is 5.30. The Hall–Kier alpha value is -2.45. The number of nitrogens with one attached hydrogen (secondary N) is 2. The lowest BCUT2D eigenvalue weighted by atomic mass is 10.1. The van der Waals surface area contributed by atoms with Gasteiger partial charge in [0.25, 0.3) is 11.5 Å². The fourth-order valence-electron chi connectivity index (χ4n) is 3.64. The number of benzene rings is 1. The van der Waals surface area contributed by atoms with Crippen molar-refractivity contribution in [2.75, 3.05) is 13.1 Å². The number of pyridine rings is 1. The van der Waals surface area contributed by atoms with Crippen molar-refractivity contribution in [1.82, 2.24) is 14.6 Å². The lowest BCUT2D eigenvalue weighted by Gasteiger charge is -2.26. The number of aromatic nitrogens is 1. The number of sulfonamides is 1. The lowest BCUT2D eigenvalue weighted by molar-refractivity contribution is 0.0950. The Morgan fingerprint density at radius 3 is 2.41 bits per heavy atom. The van der Waals surface area contributed by atoms with Crippen molar-refractivity contribution in [3.8, 4) is 0 Å². The number of aromatic amines is 1. The van der Waals surface area contributed by atoms with Crippen molar-refractivity contribution in [3.05, 3.63) is 62.6 Å². The van der Waals surface area contributed by atoms with Crippen LogP contribution in [0.4, 0.5) is 0 Å². The summed E-state index contributed by atoms with van der Waals surface area (Å²) in [4.78, 5) is 27.7. The van der Waals surface area contributed by atoms with E-state index in [1.165, 1.54) is 10.4 Å². The van der Waals surface area contributed by atoms with Gasteiger partial charge in [-0.05, 0) is 62.9 Å². The number of rotatable bonds is 5. The van der Waals surface area contributed by atoms with Gasteiger partial charge in [0.2, 0.25) is 10.0 Å². The second-order valence-electron chi connectivity index (χ2n) is 7.57. The van der Waals surface area contributed by atoms with Gasteiger partial charge >= 0.3 is 0 Å². The molecule has 0 saturated carbocycles. The highest BCUT2D eigenvalue weighted by molar-refractivity contribution is 7.89. The van der Waals surface area contributed by atoms with Crippen LogP contribution < -0.4 is 10.9 Å². The Balaban J connectivity index is 1.82. The summed E-state index contributed by atoms with van der Waals surface area (Å²) in [5.41, 5.74) is 2.67. The molecule has 0 aliphatic carbocycles. The third kappa shape index (κ3) is 4.59. The molecule has 2 heterocycles. The second-order valence-corrected chi connectivity index (χ2v) is 9.48. The Kier molecular flexibility index (Phi) is 6.24. The van der Waals surface area contributed by atoms with E-state index in [2.05, 4.69) is 10.3 Å². The van der Waals surface area contributed by atoms with Crippen LogP contribution in [0, 0.1) is 20.8 Å². The van der Waals surface area contributed by atoms with Crippen LogP contribution in [-0.2, 0) is 16.6 Å². The maximum Gasteiger partial charge on any atom is 0.253 e. The molecular weight excluding hydrogens is 390 g/mol. The second kappa shape index (κ2) is 8.51. The molecule has 2 aromatic rings. The van der Waals surface area contributed by atoms with Gasteiger partial charge in [-0.2, -0.15) is 4.31 Å². The Morgan fingerprint density at radius 1 is 1.07 bits per heavy atom. The zero-order valence-corrected chi connectivity index (χ0v) is 17.9. The number of piperidine rings is 1. The van der Waals surface area contributed by atoms with Crippen LogP contribution in [-0.4, -0.2) is 36.7 Å². The topological polar surface area (TPSA) is 99.3 Å². The molecule has 0 radical (unpaired) electrons. The van der Waals surface area contributed by atoms with E-state index < -0.39 is 15.9 Å². The minimum Gasteiger partial charge on any atom is -0.348 e. The minimum atomic E-state index is -3.64. The molecule has 1 aromatic carbocycles. The van der Waals surface area contributed by atoms with Gasteiger partial charge in [0.05, 0.1) is 4.90 Å². The summed E-state index contributed by atoms with van der Waals surface area (Å²) >= 11 is 0. The van der Waals surface area contributed by atoms with Crippen LogP contribution in [0.25, 0.3) is 0 Å². The number of amides is 1. The summed E-state index contributed by atoms with van der Waals surface area (Å²) < 4.78 is 27.6. The predicted octanol–water partition coefficient (Wildman–Crippen LogP) is 2.40. The smallest absolute Gasteiger partial charge is 0.253 e. The first-order valence-electron chi connectivity index (χ1n) is 9.78. The zero-order valence-electron chi connectivity index (χ0n) is 17.0. The molecule has 1 saturated heterocycles. The summed E-state index contributed by atoms with van der Waals surface area (Å²) in [7, 11) is -3.64. The van der Waals surface area contributed by atoms with Crippen molar-refractivity contribution in [2.24, 2.45) is 0 Å². The largest absolute Gasteiger partial charge is 0.348 e. The lowest BCUT2D eigenvalue weighted by Crippen LogP contribution is -2.36. The molecule has 1 aliphatic rings. The monoisotopic (exact) mass is 417 g/mol. The molecule has 29 heavy (non-hydrogen) atoms.